The molecule has 0 spiro atoms. The van der Waals surface area contributed by atoms with Crippen LogP contribution in [0.25, 0.3) is 11.0 Å². The minimum absolute atomic E-state index is 0.145. The first kappa shape index (κ1) is 28.2. The zero-order chi connectivity index (χ0) is 28.8. The fraction of sp³-hybridized carbons (Fsp3) is 0.419. The third-order valence-corrected chi connectivity index (χ3v) is 7.59. The molecular weight excluding hydrogens is 524 g/mol. The first-order valence-electron chi connectivity index (χ1n) is 14.3. The molecule has 0 atom stereocenters. The lowest BCUT2D eigenvalue weighted by atomic mass is 10.1. The van der Waals surface area contributed by atoms with Gasteiger partial charge in [0.2, 0.25) is 11.8 Å². The molecule has 2 saturated heterocycles. The number of fused-ring (bicyclic) bond motifs is 1. The lowest BCUT2D eigenvalue weighted by Crippen LogP contribution is -2.51. The Hall–Kier alpha value is -4.34. The van der Waals surface area contributed by atoms with Crippen LogP contribution in [-0.2, 0) is 16.1 Å². The largest absolute Gasteiger partial charge is 0.494 e. The van der Waals surface area contributed by atoms with Crippen molar-refractivity contribution in [2.75, 3.05) is 50.8 Å². The van der Waals surface area contributed by atoms with E-state index in [1.165, 1.54) is 0 Å². The Morgan fingerprint density at radius 1 is 1.00 bits per heavy atom. The van der Waals surface area contributed by atoms with Gasteiger partial charge in [-0.1, -0.05) is 31.5 Å². The number of amides is 3. The zero-order valence-electron chi connectivity index (χ0n) is 23.4. The van der Waals surface area contributed by atoms with Crippen LogP contribution in [0.3, 0.4) is 0 Å². The monoisotopic (exact) mass is 560 g/mol. The maximum absolute atomic E-state index is 12.9. The van der Waals surface area contributed by atoms with Gasteiger partial charge in [0, 0.05) is 57.4 Å². The van der Waals surface area contributed by atoms with Gasteiger partial charge in [-0.3, -0.25) is 19.2 Å². The summed E-state index contributed by atoms with van der Waals surface area (Å²) in [5.41, 5.74) is 2.11. The number of unbranched alkanes of at least 4 members (excludes halogenated alkanes) is 1. The SMILES string of the molecule is CCCCOc1ccc2oc(C(=O)NCC(=O)N3CCN(c4ccccc4CN4CCCC4=O)CC3)cc(=O)c2c1. The molecule has 2 aliphatic heterocycles. The van der Waals surface area contributed by atoms with Gasteiger partial charge in [-0.15, -0.1) is 0 Å². The molecule has 41 heavy (non-hydrogen) atoms. The molecule has 0 saturated carbocycles. The molecule has 3 aromatic rings. The molecule has 2 aliphatic rings. The van der Waals surface area contributed by atoms with Crippen molar-refractivity contribution < 1.29 is 23.5 Å². The van der Waals surface area contributed by atoms with Crippen molar-refractivity contribution in [2.45, 2.75) is 39.2 Å². The van der Waals surface area contributed by atoms with E-state index < -0.39 is 5.91 Å². The van der Waals surface area contributed by atoms with Crippen molar-refractivity contribution in [1.82, 2.24) is 15.1 Å². The normalized spacial score (nSPS) is 15.4. The van der Waals surface area contributed by atoms with E-state index in [0.29, 0.717) is 56.9 Å². The molecule has 0 unspecified atom stereocenters. The van der Waals surface area contributed by atoms with Crippen LogP contribution in [0, 0.1) is 0 Å². The van der Waals surface area contributed by atoms with E-state index in [0.717, 1.165) is 43.1 Å². The lowest BCUT2D eigenvalue weighted by molar-refractivity contribution is -0.130. The van der Waals surface area contributed by atoms with Crippen molar-refractivity contribution in [3.8, 4) is 5.75 Å². The molecule has 2 aromatic carbocycles. The van der Waals surface area contributed by atoms with E-state index in [4.69, 9.17) is 9.15 Å². The van der Waals surface area contributed by atoms with Crippen LogP contribution in [-0.4, -0.2) is 73.4 Å². The highest BCUT2D eigenvalue weighted by Gasteiger charge is 2.25. The fourth-order valence-electron chi connectivity index (χ4n) is 5.25. The number of likely N-dealkylation sites (tertiary alicyclic amines) is 1. The molecule has 0 aliphatic carbocycles. The summed E-state index contributed by atoms with van der Waals surface area (Å²) in [5, 5.41) is 2.92. The Labute approximate surface area is 238 Å². The van der Waals surface area contributed by atoms with Gasteiger partial charge in [0.25, 0.3) is 5.91 Å². The van der Waals surface area contributed by atoms with E-state index in [2.05, 4.69) is 29.3 Å². The number of piperazine rings is 1. The van der Waals surface area contributed by atoms with E-state index >= 15 is 0 Å². The van der Waals surface area contributed by atoms with E-state index in [1.807, 2.05) is 17.0 Å². The second-order valence-electron chi connectivity index (χ2n) is 10.4. The highest BCUT2D eigenvalue weighted by molar-refractivity contribution is 5.95. The number of rotatable bonds is 10. The van der Waals surface area contributed by atoms with Gasteiger partial charge in [-0.25, -0.2) is 0 Å². The molecule has 0 bridgehead atoms. The number of carbonyl (C=O) groups is 3. The van der Waals surface area contributed by atoms with Gasteiger partial charge in [0.1, 0.15) is 11.3 Å². The van der Waals surface area contributed by atoms with Crippen molar-refractivity contribution in [1.29, 1.82) is 0 Å². The molecule has 10 heteroatoms. The number of ether oxygens (including phenoxy) is 1. The number of hydrogen-bond acceptors (Lipinski definition) is 7. The molecule has 1 N–H and O–H groups in total. The van der Waals surface area contributed by atoms with Crippen LogP contribution >= 0.6 is 0 Å². The second-order valence-corrected chi connectivity index (χ2v) is 10.4. The standard InChI is InChI=1S/C31H36N4O6/c1-2-3-17-40-23-10-11-27-24(18-23)26(36)19-28(41-27)31(39)32-20-30(38)34-15-13-33(14-16-34)25-8-5-4-7-22(25)21-35-12-6-9-29(35)37/h4-5,7-8,10-11,18-19H,2-3,6,9,12-17,20-21H2,1H3,(H,32,39). The predicted octanol–water partition coefficient (Wildman–Crippen LogP) is 3.17. The molecule has 0 radical (unpaired) electrons. The summed E-state index contributed by atoms with van der Waals surface area (Å²) in [6, 6.07) is 14.2. The summed E-state index contributed by atoms with van der Waals surface area (Å²) < 4.78 is 11.3. The van der Waals surface area contributed by atoms with Gasteiger partial charge in [0.15, 0.2) is 11.2 Å². The van der Waals surface area contributed by atoms with Crippen molar-refractivity contribution in [2.24, 2.45) is 0 Å². The number of hydrogen-bond donors (Lipinski definition) is 1. The Morgan fingerprint density at radius 3 is 2.56 bits per heavy atom. The number of benzene rings is 2. The van der Waals surface area contributed by atoms with Crippen LogP contribution < -0.4 is 20.4 Å². The summed E-state index contributed by atoms with van der Waals surface area (Å²) in [5.74, 6) is -0.198. The number of para-hydroxylation sites is 1. The smallest absolute Gasteiger partial charge is 0.287 e. The third kappa shape index (κ3) is 6.70. The highest BCUT2D eigenvalue weighted by Crippen LogP contribution is 2.25. The molecule has 216 valence electrons. The maximum Gasteiger partial charge on any atom is 0.287 e. The van der Waals surface area contributed by atoms with Crippen LogP contribution in [0.2, 0.25) is 0 Å². The summed E-state index contributed by atoms with van der Waals surface area (Å²) in [7, 11) is 0. The van der Waals surface area contributed by atoms with Crippen molar-refractivity contribution in [3.63, 3.8) is 0 Å². The average molecular weight is 561 g/mol. The molecule has 3 heterocycles. The molecule has 10 nitrogen and oxygen atoms in total. The number of carbonyl (C=O) groups excluding carboxylic acids is 3. The van der Waals surface area contributed by atoms with Gasteiger partial charge in [-0.05, 0) is 42.7 Å². The topological polar surface area (TPSA) is 112 Å². The third-order valence-electron chi connectivity index (χ3n) is 7.59. The van der Waals surface area contributed by atoms with Crippen LogP contribution in [0.4, 0.5) is 5.69 Å². The zero-order valence-corrected chi connectivity index (χ0v) is 23.4. The highest BCUT2D eigenvalue weighted by atomic mass is 16.5. The average Bonchev–Trinajstić information content (AvgIpc) is 3.40. The van der Waals surface area contributed by atoms with Gasteiger partial charge in [0.05, 0.1) is 18.5 Å². The molecule has 3 amide bonds. The molecule has 2 fully saturated rings. The Balaban J connectivity index is 1.14. The predicted molar refractivity (Wildman–Crippen MR) is 155 cm³/mol. The Bertz CT molecular complexity index is 1480. The van der Waals surface area contributed by atoms with E-state index in [1.54, 1.807) is 23.1 Å². The summed E-state index contributed by atoms with van der Waals surface area (Å²) in [4.78, 5) is 56.3. The fourth-order valence-corrected chi connectivity index (χ4v) is 5.25. The number of anilines is 1. The summed E-state index contributed by atoms with van der Waals surface area (Å²) >= 11 is 0. The number of nitrogens with one attached hydrogen (secondary N) is 1. The minimum Gasteiger partial charge on any atom is -0.494 e. The molecule has 1 aromatic heterocycles. The van der Waals surface area contributed by atoms with E-state index in [-0.39, 0.29) is 35.1 Å². The maximum atomic E-state index is 12.9. The van der Waals surface area contributed by atoms with Crippen LogP contribution in [0.5, 0.6) is 5.75 Å². The summed E-state index contributed by atoms with van der Waals surface area (Å²) in [6.45, 7) is 6.14. The van der Waals surface area contributed by atoms with Gasteiger partial charge >= 0.3 is 0 Å². The number of nitrogens with zero attached hydrogens (tertiary/aromatic N) is 3. The van der Waals surface area contributed by atoms with Gasteiger partial charge < -0.3 is 29.2 Å². The second kappa shape index (κ2) is 12.9. The van der Waals surface area contributed by atoms with Crippen LogP contribution in [0.1, 0.15) is 48.7 Å². The van der Waals surface area contributed by atoms with Crippen molar-refractivity contribution in [3.05, 3.63) is 70.1 Å². The first-order valence-corrected chi connectivity index (χ1v) is 14.3. The Morgan fingerprint density at radius 2 is 1.80 bits per heavy atom. The van der Waals surface area contributed by atoms with Crippen LogP contribution in [0.15, 0.2) is 57.7 Å². The molecular formula is C31H36N4O6. The lowest BCUT2D eigenvalue weighted by Gasteiger charge is -2.37. The van der Waals surface area contributed by atoms with E-state index in [9.17, 15) is 19.2 Å². The summed E-state index contributed by atoms with van der Waals surface area (Å²) in [6.07, 6.45) is 3.43. The van der Waals surface area contributed by atoms with Crippen molar-refractivity contribution >= 4 is 34.4 Å². The Kier molecular flexibility index (Phi) is 8.86. The quantitative estimate of drug-likeness (QED) is 0.379. The molecule has 5 rings (SSSR count). The van der Waals surface area contributed by atoms with Gasteiger partial charge in [-0.2, -0.15) is 0 Å². The first-order chi connectivity index (χ1) is 19.9. The minimum atomic E-state index is -0.621.